The SMILES string of the molecule is COC(=O)c1cccc(-c2nc(N[C@H](C)C3CC3)nc(N[C@H](C)C3CC3)n2)n1.C[C@@H](Nc1nc(N[C@H](C)C2CC2)nc(-c2cccc(C#N)n2)n1)C1CC1.C[C@@H](Nc1nc(N[C@H](C)C2CC2)nc(-c2cccc(C(=O)O)n2)n1)C1CC1.C[C@@H](Nc1nc(N[C@H](C)C2CC2)nc(-c2cccc(C(N)=O)n2)n1)C1CC1.C[C@@H](Nc1nc(N[C@H](C)C2CC2)nc(-c2cccc(Cl)n2)n1)C1CC1.O=P(Cl)(Cl)Cl.[Li+].[OH-]. The van der Waals surface area contributed by atoms with E-state index in [1.807, 2.05) is 18.2 Å². The molecule has 0 spiro atoms. The summed E-state index contributed by atoms with van der Waals surface area (Å²) in [6, 6.07) is 31.0. The van der Waals surface area contributed by atoms with Crippen LogP contribution >= 0.6 is 50.5 Å². The first-order valence-corrected chi connectivity index (χ1v) is 52.7. The molecule has 0 bridgehead atoms. The van der Waals surface area contributed by atoms with Crippen molar-refractivity contribution in [3.05, 3.63) is 119 Å². The van der Waals surface area contributed by atoms with Crippen LogP contribution in [0, 0.1) is 70.5 Å². The summed E-state index contributed by atoms with van der Waals surface area (Å²) in [6.07, 6.45) is 24.8. The van der Waals surface area contributed by atoms with Crippen LogP contribution in [0.2, 0.25) is 5.15 Å². The second-order valence-electron chi connectivity index (χ2n) is 37.9. The van der Waals surface area contributed by atoms with Crippen LogP contribution in [-0.2, 0) is 9.30 Å². The summed E-state index contributed by atoms with van der Waals surface area (Å²) < 4.78 is 14.3. The van der Waals surface area contributed by atoms with Gasteiger partial charge in [0.25, 0.3) is 5.91 Å². The molecule has 1 amide bonds. The third-order valence-corrected chi connectivity index (χ3v) is 26.1. The summed E-state index contributed by atoms with van der Waals surface area (Å²) in [5.74, 6) is 12.3. The second kappa shape index (κ2) is 48.4. The number of hydrogen-bond donors (Lipinski definition) is 12. The number of nitrogens with zero attached hydrogens (tertiary/aromatic N) is 21. The third-order valence-electron chi connectivity index (χ3n) is 25.9. The Bertz CT molecular complexity index is 5670. The van der Waals surface area contributed by atoms with E-state index in [2.05, 4.69) is 262 Å². The number of aromatic carboxylic acids is 1. The van der Waals surface area contributed by atoms with Crippen LogP contribution in [0.3, 0.4) is 0 Å². The van der Waals surface area contributed by atoms with Gasteiger partial charge in [-0.2, -0.15) is 80.0 Å². The number of carboxylic acids is 1. The Morgan fingerprint density at radius 1 is 0.336 bits per heavy atom. The van der Waals surface area contributed by atoms with Crippen LogP contribution in [0.1, 0.15) is 235 Å². The first-order valence-electron chi connectivity index (χ1n) is 47.9. The average molecular weight is 2000 g/mol. The zero-order valence-corrected chi connectivity index (χ0v) is 84.6. The predicted octanol–water partition coefficient (Wildman–Crippen LogP) is 15.5. The van der Waals surface area contributed by atoms with Gasteiger partial charge in [0, 0.05) is 60.4 Å². The van der Waals surface area contributed by atoms with Crippen molar-refractivity contribution in [1.82, 2.24) is 99.7 Å². The number of primary amides is 1. The van der Waals surface area contributed by atoms with E-state index < -0.39 is 23.0 Å². The van der Waals surface area contributed by atoms with Gasteiger partial charge in [-0.15, -0.1) is 0 Å². The number of anilines is 10. The van der Waals surface area contributed by atoms with Gasteiger partial charge in [-0.05, 0) is 351 Å². The van der Waals surface area contributed by atoms with Gasteiger partial charge in [-0.1, -0.05) is 41.9 Å². The van der Waals surface area contributed by atoms with Gasteiger partial charge in [0.2, 0.25) is 59.5 Å². The molecule has 10 aromatic rings. The number of nitriles is 1. The van der Waals surface area contributed by atoms with Gasteiger partial charge in [0.05, 0.1) is 7.11 Å². The fourth-order valence-electron chi connectivity index (χ4n) is 15.6. The van der Waals surface area contributed by atoms with Gasteiger partial charge in [-0.3, -0.25) is 9.36 Å². The molecule has 14 N–H and O–H groups in total. The molecule has 20 rings (SSSR count). The number of carbonyl (C=O) groups is 3. The van der Waals surface area contributed by atoms with E-state index >= 15 is 0 Å². The molecule has 10 aliphatic carbocycles. The van der Waals surface area contributed by atoms with Gasteiger partial charge in [0.1, 0.15) is 62.5 Å². The monoisotopic (exact) mass is 2000 g/mol. The Morgan fingerprint density at radius 2 is 0.529 bits per heavy atom. The normalized spacial score (nSPS) is 18.2. The molecule has 39 nitrogen and oxygen atoms in total. The first kappa shape index (κ1) is 106. The topological polar surface area (TPSA) is 556 Å². The largest absolute Gasteiger partial charge is 1.00 e. The number of amides is 1. The molecule has 10 saturated carbocycles. The summed E-state index contributed by atoms with van der Waals surface area (Å²) in [7, 11) is 1.34. The molecule has 45 heteroatoms. The van der Waals surface area contributed by atoms with E-state index in [0.29, 0.717) is 235 Å². The molecule has 10 aliphatic rings. The number of halogens is 4. The fourth-order valence-corrected chi connectivity index (χ4v) is 15.7. The summed E-state index contributed by atoms with van der Waals surface area (Å²) in [4.78, 5) is 124. The number of methoxy groups -OCH3 is 1. The molecular formula is C95H122Cl4LiN32O7P. The Morgan fingerprint density at radius 3 is 0.736 bits per heavy atom. The average Bonchev–Trinajstić information content (AvgIpc) is 1.65. The van der Waals surface area contributed by atoms with Crippen molar-refractivity contribution in [3.63, 3.8) is 0 Å². The van der Waals surface area contributed by atoms with Crippen molar-refractivity contribution >= 4 is 128 Å². The van der Waals surface area contributed by atoms with Gasteiger partial charge in [-0.25, -0.2) is 34.5 Å². The molecule has 140 heavy (non-hydrogen) atoms. The van der Waals surface area contributed by atoms with Gasteiger partial charge in [0.15, 0.2) is 29.1 Å². The third kappa shape index (κ3) is 33.4. The number of pyridine rings is 5. The number of aromatic nitrogens is 20. The van der Waals surface area contributed by atoms with E-state index in [4.69, 9.17) is 27.3 Å². The summed E-state index contributed by atoms with van der Waals surface area (Å²) >= 11 is 19.9. The molecular weight excluding hydrogens is 1880 g/mol. The molecule has 0 unspecified atom stereocenters. The number of nitrogens with one attached hydrogen (secondary N) is 10. The Hall–Kier alpha value is -11.4. The molecule has 10 atom stereocenters. The number of carboxylic acid groups (broad SMARTS) is 1. The zero-order chi connectivity index (χ0) is 97.6. The van der Waals surface area contributed by atoms with Crippen molar-refractivity contribution in [3.8, 4) is 63.7 Å². The van der Waals surface area contributed by atoms with Crippen molar-refractivity contribution in [2.75, 3.05) is 60.3 Å². The minimum atomic E-state index is -3.22. The van der Waals surface area contributed by atoms with Gasteiger partial charge >= 0.3 is 36.0 Å². The molecule has 0 aromatic carbocycles. The van der Waals surface area contributed by atoms with Crippen LogP contribution in [0.4, 0.5) is 59.5 Å². The van der Waals surface area contributed by atoms with Crippen LogP contribution in [0.15, 0.2) is 91.0 Å². The molecule has 10 fully saturated rings. The minimum absolute atomic E-state index is 0. The van der Waals surface area contributed by atoms with Crippen molar-refractivity contribution in [2.45, 2.75) is 258 Å². The number of carbonyl (C=O) groups excluding carboxylic acids is 2. The Kier molecular flexibility index (Phi) is 36.6. The van der Waals surface area contributed by atoms with Crippen molar-refractivity contribution in [2.24, 2.45) is 64.9 Å². The van der Waals surface area contributed by atoms with Gasteiger partial charge < -0.3 is 74.2 Å². The second-order valence-corrected chi connectivity index (χ2v) is 44.9. The maximum atomic E-state index is 11.8. The minimum Gasteiger partial charge on any atom is -0.870 e. The Balaban J connectivity index is 0.000000145. The van der Waals surface area contributed by atoms with E-state index in [1.165, 1.54) is 142 Å². The molecule has 10 aromatic heterocycles. The predicted molar refractivity (Wildman–Crippen MR) is 537 cm³/mol. The van der Waals surface area contributed by atoms with Crippen LogP contribution in [-0.4, -0.2) is 196 Å². The van der Waals surface area contributed by atoms with Crippen LogP contribution < -0.4 is 77.8 Å². The summed E-state index contributed by atoms with van der Waals surface area (Å²) in [5, 5.41) is 49.5. The summed E-state index contributed by atoms with van der Waals surface area (Å²) in [5.41, 5.74) is 8.74. The zero-order valence-electron chi connectivity index (χ0n) is 80.7. The van der Waals surface area contributed by atoms with Crippen molar-refractivity contribution < 1.29 is 53.1 Å². The molecule has 738 valence electrons. The quantitative estimate of drug-likeness (QED) is 0.00740. The number of hydrogen-bond acceptors (Lipinski definition) is 37. The first-order chi connectivity index (χ1) is 66.2. The van der Waals surface area contributed by atoms with E-state index in [0.717, 1.165) is 0 Å². The number of nitrogens with two attached hydrogens (primary N) is 1. The number of esters is 1. The summed E-state index contributed by atoms with van der Waals surface area (Å²) in [6.45, 7) is 21.5. The van der Waals surface area contributed by atoms with E-state index in [-0.39, 0.29) is 53.5 Å². The molecule has 0 saturated heterocycles. The number of ether oxygens (including phenoxy) is 1. The standard InChI is InChI=1S/C20H26N6O2.C19H25N7O.C19H23N7.C19H24N6O2.C18H23ClN6.Cl3OP.Li.H2O/c1-11(13-7-8-13)21-19-24-17(15-5-4-6-16(23-15)18(27)28-3)25-20(26-19)22-12(2)14-9-10-14;1-10(12-6-7-12)21-18-24-17(15-5-3-4-14(23-15)16(20)27)25-19(26-18)22-11(2)13-8-9-13;1-11(13-6-7-13)21-18-24-17(16-5-3-4-15(10-20)23-16)25-19(26-18)22-12(2)14-8-9-14;1-10(12-6-7-12)20-18-23-16(14-4-3-5-15(22-14)17(26)27)24-19(25-18)21-11(2)13-8-9-13;1-10(12-6-7-12)20-17-23-16(14-4-3-5-15(19)22-14)24-18(25-17)21-11(2)13-8-9-13;1-5(2,3)4;;/h4-6,11-14H,7-10H2,1-3H3,(H2,21,22,24,25,26);3-5,10-13H,6-9H2,1-2H3,(H2,20,27)(H2,21,22,24,25,26);3-5,11-14H,6-9H2,1-2H3,(H2,21,22,24,25,26);3-5,10-13H,6-9H2,1-2H3,(H,26,27)(H2,20,21,23,24,25);3-5,10-13H,6-9H2,1-2H3,(H2,20,21,23,24,25);;;1H2/q;;;;;;+1;/p-1/t11-,12-;10-,11-;11-,12-;2*10-,11-;;;/m11111.../s1. The molecule has 10 heterocycles. The molecule has 0 radical (unpaired) electrons. The fraction of sp³-hybridized carbons (Fsp3) is 0.537. The smallest absolute Gasteiger partial charge is 0.870 e. The molecule has 0 aliphatic heterocycles. The van der Waals surface area contributed by atoms with Crippen molar-refractivity contribution in [1.29, 1.82) is 5.26 Å². The Labute approximate surface area is 846 Å². The van der Waals surface area contributed by atoms with E-state index in [9.17, 15) is 24.1 Å². The maximum Gasteiger partial charge on any atom is 1.00 e. The van der Waals surface area contributed by atoms with Crippen LogP contribution in [0.25, 0.3) is 57.6 Å². The maximum absolute atomic E-state index is 11.8. The van der Waals surface area contributed by atoms with Crippen LogP contribution in [0.5, 0.6) is 0 Å². The number of rotatable bonds is 38. The van der Waals surface area contributed by atoms with E-state index in [1.54, 1.807) is 66.7 Å².